The summed E-state index contributed by atoms with van der Waals surface area (Å²) in [7, 11) is -3.80. The predicted molar refractivity (Wildman–Crippen MR) is 86.6 cm³/mol. The Balaban J connectivity index is 1.86. The average molecular weight is 356 g/mol. The molecule has 1 aromatic rings. The second-order valence-electron chi connectivity index (χ2n) is 5.63. The number of non-ortho nitro benzene ring substituents is 1. The van der Waals surface area contributed by atoms with Crippen LogP contribution in [0.15, 0.2) is 29.2 Å². The largest absolute Gasteiger partial charge is 0.342 e. The maximum atomic E-state index is 12.1. The average Bonchev–Trinajstić information content (AvgIpc) is 3.04. The van der Waals surface area contributed by atoms with Crippen molar-refractivity contribution in [2.45, 2.75) is 17.7 Å². The molecule has 3 N–H and O–H groups in total. The van der Waals surface area contributed by atoms with Crippen LogP contribution < -0.4 is 10.5 Å². The Morgan fingerprint density at radius 1 is 1.38 bits per heavy atom. The Morgan fingerprint density at radius 2 is 2.04 bits per heavy atom. The highest BCUT2D eigenvalue weighted by Crippen LogP contribution is 2.17. The topological polar surface area (TPSA) is 136 Å². The lowest BCUT2D eigenvalue weighted by atomic mass is 10.1. The van der Waals surface area contributed by atoms with Gasteiger partial charge in [0.05, 0.1) is 9.82 Å². The fourth-order valence-corrected chi connectivity index (χ4v) is 3.56. The monoisotopic (exact) mass is 356 g/mol. The van der Waals surface area contributed by atoms with Gasteiger partial charge in [-0.1, -0.05) is 0 Å². The molecule has 0 radical (unpaired) electrons. The van der Waals surface area contributed by atoms with Crippen molar-refractivity contribution in [1.82, 2.24) is 9.62 Å². The highest BCUT2D eigenvalue weighted by atomic mass is 32.2. The number of rotatable bonds is 7. The minimum absolute atomic E-state index is 0.0258. The van der Waals surface area contributed by atoms with Gasteiger partial charge in [0.25, 0.3) is 5.69 Å². The number of hydrogen-bond donors (Lipinski definition) is 2. The van der Waals surface area contributed by atoms with E-state index in [1.165, 1.54) is 0 Å². The molecule has 1 fully saturated rings. The summed E-state index contributed by atoms with van der Waals surface area (Å²) in [5, 5.41) is 10.6. The number of nitrogens with two attached hydrogens (primary N) is 1. The van der Waals surface area contributed by atoms with Gasteiger partial charge in [0, 0.05) is 38.2 Å². The number of amides is 1. The third-order valence-corrected chi connectivity index (χ3v) is 5.44. The van der Waals surface area contributed by atoms with Crippen LogP contribution in [0.25, 0.3) is 0 Å². The molecule has 1 amide bonds. The lowest BCUT2D eigenvalue weighted by molar-refractivity contribution is -0.384. The van der Waals surface area contributed by atoms with Crippen LogP contribution in [0.2, 0.25) is 0 Å². The number of nitrogens with one attached hydrogen (secondary N) is 1. The number of carbonyl (C=O) groups excluding carboxylic acids is 1. The van der Waals surface area contributed by atoms with Crippen LogP contribution in [0.5, 0.6) is 0 Å². The Hall–Kier alpha value is -2.04. The van der Waals surface area contributed by atoms with Crippen molar-refractivity contribution >= 4 is 21.6 Å². The summed E-state index contributed by atoms with van der Waals surface area (Å²) in [5.41, 5.74) is 5.39. The van der Waals surface area contributed by atoms with E-state index >= 15 is 0 Å². The van der Waals surface area contributed by atoms with Crippen LogP contribution in [-0.4, -0.2) is 50.3 Å². The van der Waals surface area contributed by atoms with Crippen LogP contribution in [0.3, 0.4) is 0 Å². The van der Waals surface area contributed by atoms with E-state index in [-0.39, 0.29) is 29.5 Å². The van der Waals surface area contributed by atoms with Gasteiger partial charge in [-0.15, -0.1) is 0 Å². The van der Waals surface area contributed by atoms with Crippen molar-refractivity contribution in [2.24, 2.45) is 11.7 Å². The van der Waals surface area contributed by atoms with E-state index < -0.39 is 14.9 Å². The molecule has 1 aliphatic rings. The van der Waals surface area contributed by atoms with E-state index in [0.717, 1.165) is 30.7 Å². The number of nitro groups is 1. The molecule has 1 saturated heterocycles. The number of nitrogens with zero attached hydrogens (tertiary/aromatic N) is 2. The quantitative estimate of drug-likeness (QED) is 0.524. The van der Waals surface area contributed by atoms with Crippen molar-refractivity contribution in [2.75, 3.05) is 26.2 Å². The molecule has 24 heavy (non-hydrogen) atoms. The van der Waals surface area contributed by atoms with E-state index in [9.17, 15) is 23.3 Å². The zero-order valence-electron chi connectivity index (χ0n) is 13.1. The minimum Gasteiger partial charge on any atom is -0.342 e. The van der Waals surface area contributed by atoms with E-state index in [4.69, 9.17) is 5.73 Å². The van der Waals surface area contributed by atoms with E-state index in [1.54, 1.807) is 4.90 Å². The van der Waals surface area contributed by atoms with Crippen molar-refractivity contribution in [1.29, 1.82) is 0 Å². The van der Waals surface area contributed by atoms with Gasteiger partial charge in [0.15, 0.2) is 0 Å². The Labute approximate surface area is 140 Å². The molecule has 132 valence electrons. The molecule has 1 unspecified atom stereocenters. The number of nitro benzene ring substituents is 1. The Kier molecular flexibility index (Phi) is 5.86. The minimum atomic E-state index is -3.80. The zero-order valence-corrected chi connectivity index (χ0v) is 13.9. The third-order valence-electron chi connectivity index (χ3n) is 3.96. The van der Waals surface area contributed by atoms with E-state index in [2.05, 4.69) is 4.72 Å². The summed E-state index contributed by atoms with van der Waals surface area (Å²) in [5.74, 6) is 0.197. The molecule has 10 heteroatoms. The molecule has 1 atom stereocenters. The van der Waals surface area contributed by atoms with Crippen LogP contribution >= 0.6 is 0 Å². The van der Waals surface area contributed by atoms with E-state index in [1.807, 2.05) is 0 Å². The summed E-state index contributed by atoms with van der Waals surface area (Å²) in [6, 6.07) is 4.57. The SMILES string of the molecule is NCC1CCN(C(=O)CCNS(=O)(=O)c2ccc([N+](=O)[O-])cc2)C1. The molecule has 1 heterocycles. The summed E-state index contributed by atoms with van der Waals surface area (Å²) in [4.78, 5) is 23.6. The van der Waals surface area contributed by atoms with Gasteiger partial charge in [-0.05, 0) is 31.0 Å². The summed E-state index contributed by atoms with van der Waals surface area (Å²) in [6.07, 6.45) is 0.931. The highest BCUT2D eigenvalue weighted by molar-refractivity contribution is 7.89. The number of likely N-dealkylation sites (tertiary alicyclic amines) is 1. The first kappa shape index (κ1) is 18.3. The summed E-state index contributed by atoms with van der Waals surface area (Å²) >= 11 is 0. The van der Waals surface area contributed by atoms with Crippen molar-refractivity contribution in [3.8, 4) is 0 Å². The van der Waals surface area contributed by atoms with Crippen molar-refractivity contribution < 1.29 is 18.1 Å². The first-order valence-corrected chi connectivity index (χ1v) is 9.04. The maximum absolute atomic E-state index is 12.1. The van der Waals surface area contributed by atoms with Crippen LogP contribution in [0.4, 0.5) is 5.69 Å². The molecule has 0 spiro atoms. The summed E-state index contributed by atoms with van der Waals surface area (Å²) in [6.45, 7) is 1.78. The highest BCUT2D eigenvalue weighted by Gasteiger charge is 2.25. The number of sulfonamides is 1. The molecule has 2 rings (SSSR count). The zero-order chi connectivity index (χ0) is 17.7. The van der Waals surface area contributed by atoms with Crippen molar-refractivity contribution in [3.05, 3.63) is 34.4 Å². The molecule has 0 aliphatic carbocycles. The number of carbonyl (C=O) groups is 1. The van der Waals surface area contributed by atoms with Gasteiger partial charge in [-0.3, -0.25) is 14.9 Å². The Morgan fingerprint density at radius 3 is 2.58 bits per heavy atom. The smallest absolute Gasteiger partial charge is 0.269 e. The molecule has 0 bridgehead atoms. The second kappa shape index (κ2) is 7.69. The second-order valence-corrected chi connectivity index (χ2v) is 7.40. The van der Waals surface area contributed by atoms with Gasteiger partial charge in [0.2, 0.25) is 15.9 Å². The van der Waals surface area contributed by atoms with Crippen LogP contribution in [0, 0.1) is 16.0 Å². The molecular weight excluding hydrogens is 336 g/mol. The number of hydrogen-bond acceptors (Lipinski definition) is 6. The van der Waals surface area contributed by atoms with E-state index in [0.29, 0.717) is 25.6 Å². The molecule has 9 nitrogen and oxygen atoms in total. The standard InChI is InChI=1S/C14H20N4O5S/c15-9-11-6-8-17(10-11)14(19)5-7-16-24(22,23)13-3-1-12(2-4-13)18(20)21/h1-4,11,16H,5-10,15H2. The normalized spacial score (nSPS) is 17.9. The molecule has 0 saturated carbocycles. The lowest BCUT2D eigenvalue weighted by Crippen LogP contribution is -2.33. The lowest BCUT2D eigenvalue weighted by Gasteiger charge is -2.16. The first-order chi connectivity index (χ1) is 11.3. The molecule has 1 aromatic carbocycles. The fraction of sp³-hybridized carbons (Fsp3) is 0.500. The van der Waals surface area contributed by atoms with Gasteiger partial charge in [-0.25, -0.2) is 13.1 Å². The van der Waals surface area contributed by atoms with Gasteiger partial charge < -0.3 is 10.6 Å². The molecule has 1 aliphatic heterocycles. The van der Waals surface area contributed by atoms with Crippen molar-refractivity contribution in [3.63, 3.8) is 0 Å². The van der Waals surface area contributed by atoms with Gasteiger partial charge >= 0.3 is 0 Å². The number of benzene rings is 1. The molecule has 0 aromatic heterocycles. The predicted octanol–water partition coefficient (Wildman–Crippen LogP) is 0.0704. The summed E-state index contributed by atoms with van der Waals surface area (Å²) < 4.78 is 26.5. The van der Waals surface area contributed by atoms with Crippen LogP contribution in [0.1, 0.15) is 12.8 Å². The Bertz CT molecular complexity index is 704. The van der Waals surface area contributed by atoms with Crippen LogP contribution in [-0.2, 0) is 14.8 Å². The van der Waals surface area contributed by atoms with Gasteiger partial charge in [0.1, 0.15) is 0 Å². The molecular formula is C14H20N4O5S. The van der Waals surface area contributed by atoms with Gasteiger partial charge in [-0.2, -0.15) is 0 Å². The maximum Gasteiger partial charge on any atom is 0.269 e. The fourth-order valence-electron chi connectivity index (χ4n) is 2.53. The third kappa shape index (κ3) is 4.49. The first-order valence-electron chi connectivity index (χ1n) is 7.55.